The highest BCUT2D eigenvalue weighted by Gasteiger charge is 2.48. The summed E-state index contributed by atoms with van der Waals surface area (Å²) in [6, 6.07) is 33.8. The fourth-order valence-electron chi connectivity index (χ4n) is 10.2. The lowest BCUT2D eigenvalue weighted by molar-refractivity contribution is -0.0834. The number of β-amino-alcohol motifs (C(OH)–C–C–N with tert-alkyl or cyclic N) is 1. The molecule has 3 aliphatic heterocycles. The predicted octanol–water partition coefficient (Wildman–Crippen LogP) is 9.37. The number of aliphatic hydroxyl groups is 2. The summed E-state index contributed by atoms with van der Waals surface area (Å²) in [5.41, 5.74) is -0.107. The Bertz CT molecular complexity index is 3270. The molecule has 0 bridgehead atoms. The summed E-state index contributed by atoms with van der Waals surface area (Å²) in [6.45, 7) is 8.41. The number of sulfone groups is 1. The van der Waals surface area contributed by atoms with Gasteiger partial charge in [-0.05, 0) is 123 Å². The lowest BCUT2D eigenvalue weighted by atomic mass is 9.95. The van der Waals surface area contributed by atoms with Crippen LogP contribution in [0.5, 0.6) is 0 Å². The molecular weight excluding hydrogens is 1060 g/mol. The average Bonchev–Trinajstić information content (AvgIpc) is 3.66. The first-order chi connectivity index (χ1) is 36.1. The van der Waals surface area contributed by atoms with Crippen LogP contribution in [0.15, 0.2) is 136 Å². The van der Waals surface area contributed by atoms with Gasteiger partial charge in [-0.15, -0.1) is 11.8 Å². The van der Waals surface area contributed by atoms with E-state index in [9.17, 15) is 45.0 Å². The molecule has 4 N–H and O–H groups in total. The molecule has 9 rings (SSSR count). The fraction of sp³-hybridized carbons (Fsp3) is 0.364. The summed E-state index contributed by atoms with van der Waals surface area (Å²) >= 11 is 7.75. The maximum absolute atomic E-state index is 14.4. The molecule has 1 aromatic heterocycles. The zero-order valence-corrected chi connectivity index (χ0v) is 45.5. The second-order valence-corrected chi connectivity index (χ2v) is 25.1. The maximum atomic E-state index is 14.4. The number of rotatable bonds is 17. The van der Waals surface area contributed by atoms with E-state index in [2.05, 4.69) is 30.5 Å². The zero-order chi connectivity index (χ0) is 54.2. The number of carbonyl (C=O) groups is 1. The number of piperazine rings is 1. The molecule has 0 saturated carbocycles. The van der Waals surface area contributed by atoms with Crippen LogP contribution >= 0.6 is 23.4 Å². The first-order valence-corrected chi connectivity index (χ1v) is 29.4. The Labute approximate surface area is 451 Å². The molecule has 4 heterocycles. The summed E-state index contributed by atoms with van der Waals surface area (Å²) in [7, 11) is -8.67. The van der Waals surface area contributed by atoms with E-state index in [1.807, 2.05) is 96.6 Å². The molecule has 404 valence electrons. The third-order valence-corrected chi connectivity index (χ3v) is 18.7. The molecule has 0 aliphatic carbocycles. The zero-order valence-electron chi connectivity index (χ0n) is 42.3. The minimum atomic E-state index is -6.03. The van der Waals surface area contributed by atoms with Crippen LogP contribution in [-0.2, 0) is 26.9 Å². The Morgan fingerprint density at radius 2 is 1.46 bits per heavy atom. The van der Waals surface area contributed by atoms with E-state index < -0.39 is 52.9 Å². The Morgan fingerprint density at radius 3 is 2.09 bits per heavy atom. The van der Waals surface area contributed by atoms with Gasteiger partial charge in [-0.3, -0.25) is 14.4 Å². The average molecular weight is 1120 g/mol. The van der Waals surface area contributed by atoms with Crippen LogP contribution in [0.2, 0.25) is 5.02 Å². The molecule has 0 spiro atoms. The standard InChI is InChI=1S/C55H61ClF3N7O7S3/c1-37-50(53(68)66-26-23-45(67)24-27-66)51(52(62(37)3)38-12-14-40(56)15-13-38)39-8-7-9-44(32-39)65-30-28-64(29-31-65)43-18-16-41(17-19-43)61-76(72,73)47-20-21-48(49(33-47)75(70,71)55(57,58)59)60-42(22-25-63-35-54(2,69)36-63)34-74-46-10-5-4-6-11-46/h4-21,32-33,42,45,60-61,67,69H,22-31,34-36H2,1-3H3/t42-/m1/s1. The van der Waals surface area contributed by atoms with Gasteiger partial charge in [-0.2, -0.15) is 13.2 Å². The van der Waals surface area contributed by atoms with E-state index in [4.69, 9.17) is 11.6 Å². The van der Waals surface area contributed by atoms with Gasteiger partial charge in [0.1, 0.15) is 4.90 Å². The molecule has 1 amide bonds. The number of aromatic nitrogens is 1. The lowest BCUT2D eigenvalue weighted by Crippen LogP contribution is -2.60. The molecule has 0 unspecified atom stereocenters. The molecular formula is C55H61ClF3N7O7S3. The monoisotopic (exact) mass is 1120 g/mol. The van der Waals surface area contributed by atoms with E-state index in [-0.39, 0.29) is 17.3 Å². The third-order valence-electron chi connectivity index (χ3n) is 14.4. The molecule has 3 aliphatic rings. The first kappa shape index (κ1) is 55.0. The number of aliphatic hydroxyl groups excluding tert-OH is 1. The van der Waals surface area contributed by atoms with Crippen LogP contribution < -0.4 is 19.8 Å². The number of carbonyl (C=O) groups excluding carboxylic acids is 1. The van der Waals surface area contributed by atoms with E-state index in [0.29, 0.717) is 101 Å². The fourth-order valence-corrected chi connectivity index (χ4v) is 13.5. The quantitative estimate of drug-likeness (QED) is 0.0640. The summed E-state index contributed by atoms with van der Waals surface area (Å²) in [5, 5.41) is 24.0. The third kappa shape index (κ3) is 12.2. The van der Waals surface area contributed by atoms with Gasteiger partial charge in [0.2, 0.25) is 0 Å². The van der Waals surface area contributed by atoms with Gasteiger partial charge in [-0.25, -0.2) is 16.8 Å². The van der Waals surface area contributed by atoms with Crippen LogP contribution in [0.3, 0.4) is 0 Å². The molecule has 76 heavy (non-hydrogen) atoms. The van der Waals surface area contributed by atoms with Crippen LogP contribution in [-0.4, -0.2) is 135 Å². The number of halogens is 4. The molecule has 3 saturated heterocycles. The van der Waals surface area contributed by atoms with Crippen molar-refractivity contribution in [3.63, 3.8) is 0 Å². The Hall–Kier alpha value is -5.74. The van der Waals surface area contributed by atoms with Crippen LogP contribution in [0, 0.1) is 6.92 Å². The van der Waals surface area contributed by atoms with Crippen LogP contribution in [0.4, 0.5) is 35.9 Å². The van der Waals surface area contributed by atoms with Crippen molar-refractivity contribution in [1.82, 2.24) is 14.4 Å². The molecule has 21 heteroatoms. The summed E-state index contributed by atoms with van der Waals surface area (Å²) < 4.78 is 101. The van der Waals surface area contributed by atoms with Crippen molar-refractivity contribution in [3.8, 4) is 22.4 Å². The maximum Gasteiger partial charge on any atom is 0.501 e. The number of hydrogen-bond acceptors (Lipinski definition) is 12. The lowest BCUT2D eigenvalue weighted by Gasteiger charge is -2.44. The summed E-state index contributed by atoms with van der Waals surface area (Å²) in [4.78, 5) is 21.7. The SMILES string of the molecule is Cc1c(C(=O)N2CCC(O)CC2)c(-c2cccc(N3CCN(c4ccc(NS(=O)(=O)c5ccc(N[C@H](CCN6CC(C)(O)C6)CSc6ccccc6)c(S(=O)(=O)C(F)(F)F)c5)cc4)CC3)c2)c(-c2ccc(Cl)cc2)n1C. The molecule has 1 atom stereocenters. The van der Waals surface area contributed by atoms with Gasteiger partial charge in [0.25, 0.3) is 25.8 Å². The van der Waals surface area contributed by atoms with E-state index in [0.717, 1.165) is 56.5 Å². The van der Waals surface area contributed by atoms with Gasteiger partial charge >= 0.3 is 5.51 Å². The number of benzene rings is 5. The molecule has 14 nitrogen and oxygen atoms in total. The van der Waals surface area contributed by atoms with Crippen molar-refractivity contribution < 1.29 is 45.0 Å². The van der Waals surface area contributed by atoms with E-state index >= 15 is 0 Å². The Balaban J connectivity index is 0.895. The number of alkyl halides is 3. The van der Waals surface area contributed by atoms with Crippen molar-refractivity contribution in [2.45, 2.75) is 71.1 Å². The second kappa shape index (κ2) is 22.3. The van der Waals surface area contributed by atoms with Crippen molar-refractivity contribution in [3.05, 3.63) is 138 Å². The number of likely N-dealkylation sites (tertiary alicyclic amines) is 2. The normalized spacial score (nSPS) is 17.1. The number of nitrogens with one attached hydrogen (secondary N) is 2. The molecule has 6 aromatic rings. The van der Waals surface area contributed by atoms with Crippen LogP contribution in [0.25, 0.3) is 22.4 Å². The highest BCUT2D eigenvalue weighted by Crippen LogP contribution is 2.42. The number of thioether (sulfide) groups is 1. The van der Waals surface area contributed by atoms with Gasteiger partial charge in [0, 0.05) is 116 Å². The first-order valence-electron chi connectivity index (χ1n) is 25.1. The number of piperidine rings is 1. The van der Waals surface area contributed by atoms with Crippen molar-refractivity contribution >= 4 is 71.9 Å². The second-order valence-electron chi connectivity index (χ2n) is 20.0. The summed E-state index contributed by atoms with van der Waals surface area (Å²) in [6.07, 6.45) is 1.01. The molecule has 3 fully saturated rings. The van der Waals surface area contributed by atoms with E-state index in [1.165, 1.54) is 11.8 Å². The summed E-state index contributed by atoms with van der Waals surface area (Å²) in [5.74, 6) is 0.270. The van der Waals surface area contributed by atoms with Crippen molar-refractivity contribution in [2.24, 2.45) is 7.05 Å². The van der Waals surface area contributed by atoms with Crippen molar-refractivity contribution in [1.29, 1.82) is 0 Å². The van der Waals surface area contributed by atoms with Gasteiger partial charge in [-0.1, -0.05) is 54.1 Å². The van der Waals surface area contributed by atoms with Crippen molar-refractivity contribution in [2.75, 3.05) is 84.5 Å². The predicted molar refractivity (Wildman–Crippen MR) is 295 cm³/mol. The van der Waals surface area contributed by atoms with Crippen LogP contribution in [0.1, 0.15) is 42.2 Å². The number of nitrogens with zero attached hydrogens (tertiary/aromatic N) is 5. The van der Waals surface area contributed by atoms with Gasteiger partial charge < -0.3 is 34.8 Å². The Kier molecular flexibility index (Phi) is 16.2. The topological polar surface area (TPSA) is 168 Å². The minimum Gasteiger partial charge on any atom is -0.393 e. The highest BCUT2D eigenvalue weighted by atomic mass is 35.5. The van der Waals surface area contributed by atoms with Gasteiger partial charge in [0.05, 0.1) is 33.5 Å². The largest absolute Gasteiger partial charge is 0.501 e. The highest BCUT2D eigenvalue weighted by molar-refractivity contribution is 7.99. The molecule has 5 aromatic carbocycles. The number of anilines is 4. The number of amides is 1. The Morgan fingerprint density at radius 1 is 0.816 bits per heavy atom. The minimum absolute atomic E-state index is 0.0782. The molecule has 0 radical (unpaired) electrons. The van der Waals surface area contributed by atoms with Gasteiger partial charge in [0.15, 0.2) is 0 Å². The number of hydrogen-bond donors (Lipinski definition) is 4. The van der Waals surface area contributed by atoms with E-state index in [1.54, 1.807) is 31.2 Å². The smallest absolute Gasteiger partial charge is 0.393 e. The number of sulfonamides is 1.